The first-order valence-electron chi connectivity index (χ1n) is 16.4. The van der Waals surface area contributed by atoms with Crippen molar-refractivity contribution in [2.45, 2.75) is 77.4 Å². The van der Waals surface area contributed by atoms with Crippen LogP contribution in [0.5, 0.6) is 0 Å². The van der Waals surface area contributed by atoms with Crippen molar-refractivity contribution in [2.75, 3.05) is 31.0 Å². The number of aryl methyl sites for hydroxylation is 1. The number of anilines is 1. The number of thioether (sulfide) groups is 1. The molecule has 19 nitrogen and oxygen atoms in total. The van der Waals surface area contributed by atoms with E-state index >= 15 is 0 Å². The van der Waals surface area contributed by atoms with Crippen LogP contribution in [-0.2, 0) is 32.0 Å². The van der Waals surface area contributed by atoms with Crippen LogP contribution in [0.25, 0.3) is 0 Å². The number of halogens is 2. The molecule has 304 valence electrons. The molecule has 2 heterocycles. The smallest absolute Gasteiger partial charge is 0.339 e. The Balaban J connectivity index is 0.000000312. The van der Waals surface area contributed by atoms with Gasteiger partial charge >= 0.3 is 30.1 Å². The summed E-state index contributed by atoms with van der Waals surface area (Å²) in [5.41, 5.74) is 0.638. The molecular weight excluding hydrogens is 812 g/mol. The van der Waals surface area contributed by atoms with Gasteiger partial charge in [0.15, 0.2) is 5.69 Å². The molecule has 0 unspecified atom stereocenters. The van der Waals surface area contributed by atoms with E-state index < -0.39 is 48.0 Å². The number of carbonyl (C=O) groups excluding carboxylic acids is 1. The highest BCUT2D eigenvalue weighted by Gasteiger charge is 2.30. The normalized spacial score (nSPS) is 12.5. The number of esters is 1. The van der Waals surface area contributed by atoms with Crippen molar-refractivity contribution in [1.82, 2.24) is 14.7 Å². The van der Waals surface area contributed by atoms with E-state index in [4.69, 9.17) is 26.5 Å². The molecule has 1 aliphatic rings. The molecular formula is C31H42ClFN7O12PS2. The molecule has 0 saturated carbocycles. The third-order valence-corrected chi connectivity index (χ3v) is 10.7. The SMILES string of the molecule is CCC(CC)Nc1c([N+](=O)[O-])cc(C)c(C)c1[N+](=O)[O-].COC(=O)CSc1cc(/N=c2\sc(=O)n3n2CCCC3)c(F)cc1Cl.O=C(O)CNCP(=O)(O)O. The zero-order valence-electron chi connectivity index (χ0n) is 30.4. The lowest BCUT2D eigenvalue weighted by Gasteiger charge is -2.17. The van der Waals surface area contributed by atoms with Gasteiger partial charge in [-0.1, -0.05) is 25.4 Å². The van der Waals surface area contributed by atoms with Gasteiger partial charge in [-0.05, 0) is 68.6 Å². The third-order valence-electron chi connectivity index (χ3n) is 7.78. The number of nitrogens with one attached hydrogen (secondary N) is 2. The molecule has 0 saturated heterocycles. The summed E-state index contributed by atoms with van der Waals surface area (Å²) in [6.45, 7) is 7.99. The largest absolute Gasteiger partial charge is 0.480 e. The topological polar surface area (TPSA) is 271 Å². The molecule has 0 atom stereocenters. The van der Waals surface area contributed by atoms with Gasteiger partial charge < -0.3 is 24.9 Å². The zero-order valence-corrected chi connectivity index (χ0v) is 33.7. The first-order chi connectivity index (χ1) is 25.7. The van der Waals surface area contributed by atoms with Gasteiger partial charge in [0.2, 0.25) is 4.80 Å². The fourth-order valence-electron chi connectivity index (χ4n) is 4.83. The lowest BCUT2D eigenvalue weighted by Crippen LogP contribution is -2.31. The summed E-state index contributed by atoms with van der Waals surface area (Å²) in [6, 6.07) is 3.99. The van der Waals surface area contributed by atoms with Crippen LogP contribution in [0.1, 0.15) is 50.7 Å². The number of aromatic nitrogens is 2. The minimum Gasteiger partial charge on any atom is -0.480 e. The van der Waals surface area contributed by atoms with Crippen molar-refractivity contribution in [1.29, 1.82) is 0 Å². The fourth-order valence-corrected chi connectivity index (χ4v) is 7.22. The number of nitrogens with zero attached hydrogens (tertiary/aromatic N) is 5. The number of fused-ring (bicyclic) bond motifs is 1. The molecule has 55 heavy (non-hydrogen) atoms. The second-order valence-corrected chi connectivity index (χ2v) is 15.7. The summed E-state index contributed by atoms with van der Waals surface area (Å²) < 4.78 is 32.3. The number of carbonyl (C=O) groups is 2. The van der Waals surface area contributed by atoms with Crippen LogP contribution >= 0.6 is 42.3 Å². The molecule has 0 fully saturated rings. The Bertz CT molecular complexity index is 2050. The molecule has 0 aliphatic carbocycles. The molecule has 3 aromatic rings. The molecule has 1 aromatic heterocycles. The first kappa shape index (κ1) is 47.0. The number of carboxylic acid groups (broad SMARTS) is 1. The van der Waals surface area contributed by atoms with Crippen molar-refractivity contribution in [3.8, 4) is 0 Å². The van der Waals surface area contributed by atoms with Gasteiger partial charge in [0.1, 0.15) is 11.5 Å². The highest BCUT2D eigenvalue weighted by Crippen LogP contribution is 2.40. The van der Waals surface area contributed by atoms with Gasteiger partial charge in [-0.15, -0.1) is 11.8 Å². The second kappa shape index (κ2) is 21.8. The number of carboxylic acids is 1. The van der Waals surface area contributed by atoms with Crippen LogP contribution in [0.3, 0.4) is 0 Å². The molecule has 1 aliphatic heterocycles. The van der Waals surface area contributed by atoms with Gasteiger partial charge in [0.05, 0.1) is 40.6 Å². The van der Waals surface area contributed by atoms with E-state index in [1.54, 1.807) is 23.2 Å². The first-order valence-corrected chi connectivity index (χ1v) is 20.4. The minimum absolute atomic E-state index is 0.0109. The zero-order chi connectivity index (χ0) is 41.6. The number of ether oxygens (including phenoxy) is 1. The second-order valence-electron chi connectivity index (χ2n) is 11.7. The third kappa shape index (κ3) is 14.4. The molecule has 4 rings (SSSR count). The van der Waals surface area contributed by atoms with E-state index in [1.165, 1.54) is 19.2 Å². The number of nitro benzene ring substituents is 2. The predicted molar refractivity (Wildman–Crippen MR) is 205 cm³/mol. The standard InChI is InChI=1S/C15H15ClFN3O3S2.C13H19N3O4.C3H8NO5P/c1-23-13(21)8-24-12-7-11(10(17)6-9(12)16)18-14-19-4-2-3-5-20(19)15(22)25-14;1-5-10(6-2)14-12-11(15(17)18)7-8(3)9(4)13(12)16(19)20;5-3(6)1-4-2-10(7,8)9/h6-7H,2-5,8H2,1H3;7,10,14H,5-6H2,1-4H3;4H,1-2H2,(H,5,6)(H2,7,8,9)/b18-14-;;. The summed E-state index contributed by atoms with van der Waals surface area (Å²) in [6.07, 6.45) is 2.77. The van der Waals surface area contributed by atoms with Gasteiger partial charge in [0.25, 0.3) is 5.69 Å². The van der Waals surface area contributed by atoms with Crippen molar-refractivity contribution in [3.05, 3.63) is 74.9 Å². The maximum atomic E-state index is 14.3. The molecule has 24 heteroatoms. The number of hydrogen-bond donors (Lipinski definition) is 5. The van der Waals surface area contributed by atoms with Crippen molar-refractivity contribution in [3.63, 3.8) is 0 Å². The summed E-state index contributed by atoms with van der Waals surface area (Å²) in [5, 5.41) is 35.7. The Morgan fingerprint density at radius 3 is 2.27 bits per heavy atom. The van der Waals surface area contributed by atoms with Gasteiger partial charge in [-0.2, -0.15) is 0 Å². The van der Waals surface area contributed by atoms with E-state index in [2.05, 4.69) is 20.4 Å². The Labute approximate surface area is 327 Å². The lowest BCUT2D eigenvalue weighted by atomic mass is 10.0. The Morgan fingerprint density at radius 2 is 1.75 bits per heavy atom. The van der Waals surface area contributed by atoms with Crippen LogP contribution in [0, 0.1) is 39.9 Å². The number of rotatable bonds is 14. The van der Waals surface area contributed by atoms with Gasteiger partial charge in [-0.25, -0.2) is 14.1 Å². The molecule has 0 bridgehead atoms. The van der Waals surface area contributed by atoms with E-state index in [-0.39, 0.29) is 44.4 Å². The number of nitro groups is 2. The van der Waals surface area contributed by atoms with Crippen LogP contribution in [0.2, 0.25) is 5.02 Å². The van der Waals surface area contributed by atoms with E-state index in [0.29, 0.717) is 33.9 Å². The monoisotopic (exact) mass is 853 g/mol. The highest BCUT2D eigenvalue weighted by atomic mass is 35.5. The molecule has 0 radical (unpaired) electrons. The maximum Gasteiger partial charge on any atom is 0.339 e. The van der Waals surface area contributed by atoms with Gasteiger partial charge in [-0.3, -0.25) is 49.2 Å². The summed E-state index contributed by atoms with van der Waals surface area (Å²) in [5.74, 6) is -2.07. The Kier molecular flexibility index (Phi) is 18.6. The minimum atomic E-state index is -4.10. The summed E-state index contributed by atoms with van der Waals surface area (Å²) >= 11 is 8.17. The number of hydrogen-bond acceptors (Lipinski definition) is 14. The molecule has 5 N–H and O–H groups in total. The van der Waals surface area contributed by atoms with Crippen molar-refractivity contribution >= 4 is 77.0 Å². The van der Waals surface area contributed by atoms with Crippen LogP contribution in [0.15, 0.2) is 32.9 Å². The molecule has 0 spiro atoms. The lowest BCUT2D eigenvalue weighted by molar-refractivity contribution is -0.392. The summed E-state index contributed by atoms with van der Waals surface area (Å²) in [4.78, 5) is 75.9. The fraction of sp³-hybridized carbons (Fsp3) is 0.484. The quantitative estimate of drug-likeness (QED) is 0.0452. The van der Waals surface area contributed by atoms with Crippen molar-refractivity contribution in [2.24, 2.45) is 4.99 Å². The molecule has 0 amide bonds. The van der Waals surface area contributed by atoms with Crippen LogP contribution in [0.4, 0.5) is 27.1 Å². The highest BCUT2D eigenvalue weighted by molar-refractivity contribution is 8.00. The van der Waals surface area contributed by atoms with Crippen molar-refractivity contribution < 1.29 is 48.0 Å². The Hall–Kier alpha value is -4.18. The average Bonchev–Trinajstić information content (AvgIpc) is 3.42. The number of methoxy groups -OCH3 is 1. The van der Waals surface area contributed by atoms with Gasteiger partial charge in [0, 0.05) is 35.7 Å². The Morgan fingerprint density at radius 1 is 1.13 bits per heavy atom. The summed E-state index contributed by atoms with van der Waals surface area (Å²) in [7, 11) is -2.80. The number of aliphatic carboxylic acids is 1. The van der Waals surface area contributed by atoms with E-state index in [1.807, 2.05) is 13.8 Å². The van der Waals surface area contributed by atoms with E-state index in [0.717, 1.165) is 54.8 Å². The van der Waals surface area contributed by atoms with E-state index in [9.17, 15) is 43.6 Å². The number of benzene rings is 2. The van der Waals surface area contributed by atoms with Crippen LogP contribution < -0.4 is 20.3 Å². The molecule has 2 aromatic carbocycles. The predicted octanol–water partition coefficient (Wildman–Crippen LogP) is 5.31. The average molecular weight is 854 g/mol. The van der Waals surface area contributed by atoms with Crippen LogP contribution in [-0.4, -0.2) is 77.8 Å². The maximum absolute atomic E-state index is 14.3.